The Labute approximate surface area is 87.3 Å². The second-order valence-electron chi connectivity index (χ2n) is 3.34. The minimum atomic E-state index is -0.532. The molecule has 0 bridgehead atoms. The average Bonchev–Trinajstić information content (AvgIpc) is 2.88. The Morgan fingerprint density at radius 3 is 3.13 bits per heavy atom. The van der Waals surface area contributed by atoms with Crippen LogP contribution in [-0.2, 0) is 6.54 Å². The third-order valence-electron chi connectivity index (χ3n) is 2.18. The van der Waals surface area contributed by atoms with Crippen LogP contribution in [-0.4, -0.2) is 20.1 Å². The molecule has 2 heterocycles. The maximum absolute atomic E-state index is 9.53. The fourth-order valence-corrected chi connectivity index (χ4v) is 1.31. The molecule has 0 amide bonds. The van der Waals surface area contributed by atoms with Gasteiger partial charge in [0.05, 0.1) is 18.6 Å². The monoisotopic (exact) mass is 207 g/mol. The van der Waals surface area contributed by atoms with E-state index >= 15 is 0 Å². The number of aliphatic hydroxyl groups excluding tert-OH is 1. The lowest BCUT2D eigenvalue weighted by atomic mass is 10.2. The molecular formula is C10H13N3O2. The third kappa shape index (κ3) is 2.24. The molecule has 0 aliphatic carbocycles. The fraction of sp³-hybridized carbons (Fsp3) is 0.400. The number of hydrogen-bond acceptors (Lipinski definition) is 4. The molecule has 0 radical (unpaired) electrons. The SMILES string of the molecule is CCC(O)c1cn(Cc2ccco2)nn1. The first kappa shape index (κ1) is 9.92. The van der Waals surface area contributed by atoms with Gasteiger partial charge in [0.25, 0.3) is 0 Å². The van der Waals surface area contributed by atoms with Crippen molar-refractivity contribution >= 4 is 0 Å². The highest BCUT2D eigenvalue weighted by molar-refractivity contribution is 5.01. The molecule has 0 aromatic carbocycles. The molecule has 0 saturated carbocycles. The van der Waals surface area contributed by atoms with E-state index in [0.29, 0.717) is 18.7 Å². The van der Waals surface area contributed by atoms with Gasteiger partial charge in [0, 0.05) is 0 Å². The van der Waals surface area contributed by atoms with Crippen LogP contribution in [0.4, 0.5) is 0 Å². The van der Waals surface area contributed by atoms with Gasteiger partial charge in [-0.05, 0) is 18.6 Å². The van der Waals surface area contributed by atoms with Gasteiger partial charge in [0.1, 0.15) is 18.0 Å². The number of nitrogens with zero attached hydrogens (tertiary/aromatic N) is 3. The first-order valence-electron chi connectivity index (χ1n) is 4.90. The Morgan fingerprint density at radius 1 is 1.60 bits per heavy atom. The molecule has 0 aliphatic heterocycles. The van der Waals surface area contributed by atoms with Gasteiger partial charge < -0.3 is 9.52 Å². The van der Waals surface area contributed by atoms with Crippen molar-refractivity contribution in [2.75, 3.05) is 0 Å². The van der Waals surface area contributed by atoms with E-state index < -0.39 is 6.10 Å². The number of rotatable bonds is 4. The van der Waals surface area contributed by atoms with Gasteiger partial charge in [-0.1, -0.05) is 12.1 Å². The Morgan fingerprint density at radius 2 is 2.47 bits per heavy atom. The van der Waals surface area contributed by atoms with E-state index in [9.17, 15) is 5.11 Å². The van der Waals surface area contributed by atoms with Gasteiger partial charge in [-0.15, -0.1) is 5.10 Å². The quantitative estimate of drug-likeness (QED) is 0.822. The normalized spacial score (nSPS) is 12.9. The van der Waals surface area contributed by atoms with E-state index in [0.717, 1.165) is 5.76 Å². The molecule has 1 atom stereocenters. The second kappa shape index (κ2) is 4.27. The van der Waals surface area contributed by atoms with Crippen LogP contribution in [0.1, 0.15) is 30.9 Å². The van der Waals surface area contributed by atoms with Gasteiger partial charge in [-0.2, -0.15) is 0 Å². The summed E-state index contributed by atoms with van der Waals surface area (Å²) in [7, 11) is 0. The van der Waals surface area contributed by atoms with Crippen LogP contribution >= 0.6 is 0 Å². The van der Waals surface area contributed by atoms with E-state index in [4.69, 9.17) is 4.42 Å². The summed E-state index contributed by atoms with van der Waals surface area (Å²) < 4.78 is 6.83. The Balaban J connectivity index is 2.07. The zero-order valence-corrected chi connectivity index (χ0v) is 8.50. The molecule has 5 heteroatoms. The minimum absolute atomic E-state index is 0.532. The van der Waals surface area contributed by atoms with Crippen LogP contribution in [0, 0.1) is 0 Å². The molecule has 1 N–H and O–H groups in total. The molecule has 80 valence electrons. The number of furan rings is 1. The van der Waals surface area contributed by atoms with Crippen molar-refractivity contribution in [3.63, 3.8) is 0 Å². The summed E-state index contributed by atoms with van der Waals surface area (Å²) in [4.78, 5) is 0. The third-order valence-corrected chi connectivity index (χ3v) is 2.18. The molecule has 5 nitrogen and oxygen atoms in total. The Bertz CT molecular complexity index is 408. The highest BCUT2D eigenvalue weighted by Gasteiger charge is 2.09. The number of aromatic nitrogens is 3. The zero-order chi connectivity index (χ0) is 10.7. The van der Waals surface area contributed by atoms with E-state index in [-0.39, 0.29) is 0 Å². The average molecular weight is 207 g/mol. The maximum atomic E-state index is 9.53. The van der Waals surface area contributed by atoms with Crippen molar-refractivity contribution in [1.29, 1.82) is 0 Å². The summed E-state index contributed by atoms with van der Waals surface area (Å²) in [6, 6.07) is 3.70. The zero-order valence-electron chi connectivity index (χ0n) is 8.50. The minimum Gasteiger partial charge on any atom is -0.467 e. The second-order valence-corrected chi connectivity index (χ2v) is 3.34. The Hall–Kier alpha value is -1.62. The largest absolute Gasteiger partial charge is 0.467 e. The van der Waals surface area contributed by atoms with Crippen LogP contribution in [0.5, 0.6) is 0 Å². The lowest BCUT2D eigenvalue weighted by molar-refractivity contribution is 0.168. The van der Waals surface area contributed by atoms with Crippen LogP contribution in [0.15, 0.2) is 29.0 Å². The van der Waals surface area contributed by atoms with Gasteiger partial charge in [-0.3, -0.25) is 0 Å². The summed E-state index contributed by atoms with van der Waals surface area (Å²) in [6.07, 6.45) is 3.46. The van der Waals surface area contributed by atoms with Gasteiger partial charge in [-0.25, -0.2) is 4.68 Å². The maximum Gasteiger partial charge on any atom is 0.125 e. The topological polar surface area (TPSA) is 64.1 Å². The van der Waals surface area contributed by atoms with Crippen LogP contribution in [0.2, 0.25) is 0 Å². The molecule has 0 fully saturated rings. The summed E-state index contributed by atoms with van der Waals surface area (Å²) in [5.74, 6) is 0.817. The predicted molar refractivity (Wildman–Crippen MR) is 53.1 cm³/mol. The molecule has 0 aliphatic rings. The molecule has 2 rings (SSSR count). The summed E-state index contributed by atoms with van der Waals surface area (Å²) >= 11 is 0. The first-order valence-corrected chi connectivity index (χ1v) is 4.90. The Kier molecular flexibility index (Phi) is 2.82. The van der Waals surface area contributed by atoms with E-state index in [2.05, 4.69) is 10.3 Å². The fourth-order valence-electron chi connectivity index (χ4n) is 1.31. The van der Waals surface area contributed by atoms with Crippen LogP contribution < -0.4 is 0 Å². The van der Waals surface area contributed by atoms with Crippen molar-refractivity contribution in [3.8, 4) is 0 Å². The van der Waals surface area contributed by atoms with Gasteiger partial charge in [0.15, 0.2) is 0 Å². The van der Waals surface area contributed by atoms with Gasteiger partial charge >= 0.3 is 0 Å². The molecule has 15 heavy (non-hydrogen) atoms. The number of aliphatic hydroxyl groups is 1. The van der Waals surface area contributed by atoms with E-state index in [1.54, 1.807) is 17.1 Å². The molecule has 2 aromatic rings. The highest BCUT2D eigenvalue weighted by atomic mass is 16.3. The van der Waals surface area contributed by atoms with Crippen molar-refractivity contribution in [2.24, 2.45) is 0 Å². The van der Waals surface area contributed by atoms with Crippen LogP contribution in [0.25, 0.3) is 0 Å². The number of hydrogen-bond donors (Lipinski definition) is 1. The van der Waals surface area contributed by atoms with Gasteiger partial charge in [0.2, 0.25) is 0 Å². The molecule has 0 spiro atoms. The summed E-state index contributed by atoms with van der Waals surface area (Å²) in [5, 5.41) is 17.3. The van der Waals surface area contributed by atoms with Crippen molar-refractivity contribution in [2.45, 2.75) is 26.0 Å². The molecule has 2 aromatic heterocycles. The van der Waals surface area contributed by atoms with Crippen molar-refractivity contribution in [1.82, 2.24) is 15.0 Å². The first-order chi connectivity index (χ1) is 7.29. The highest BCUT2D eigenvalue weighted by Crippen LogP contribution is 2.12. The predicted octanol–water partition coefficient (Wildman–Crippen LogP) is 1.36. The molecular weight excluding hydrogens is 194 g/mol. The molecule has 0 saturated heterocycles. The van der Waals surface area contributed by atoms with E-state index in [1.165, 1.54) is 0 Å². The lowest BCUT2D eigenvalue weighted by Gasteiger charge is -2.00. The van der Waals surface area contributed by atoms with E-state index in [1.807, 2.05) is 19.1 Å². The smallest absolute Gasteiger partial charge is 0.125 e. The summed E-state index contributed by atoms with van der Waals surface area (Å²) in [5.41, 5.74) is 0.601. The standard InChI is InChI=1S/C10H13N3O2/c1-2-10(14)9-7-13(12-11-9)6-8-4-3-5-15-8/h3-5,7,10,14H,2,6H2,1H3. The lowest BCUT2D eigenvalue weighted by Crippen LogP contribution is -1.99. The summed E-state index contributed by atoms with van der Waals surface area (Å²) in [6.45, 7) is 2.44. The molecule has 1 unspecified atom stereocenters. The van der Waals surface area contributed by atoms with Crippen molar-refractivity contribution < 1.29 is 9.52 Å². The van der Waals surface area contributed by atoms with Crippen LogP contribution in [0.3, 0.4) is 0 Å². The van der Waals surface area contributed by atoms with Crippen molar-refractivity contribution in [3.05, 3.63) is 36.0 Å².